The van der Waals surface area contributed by atoms with E-state index in [-0.39, 0.29) is 0 Å². The molecule has 1 aliphatic carbocycles. The number of nitrogens with zero attached hydrogens (tertiary/aromatic N) is 2. The molecule has 0 amide bonds. The van der Waals surface area contributed by atoms with Crippen molar-refractivity contribution in [2.45, 2.75) is 30.6 Å². The first kappa shape index (κ1) is 14.3. The second-order valence-corrected chi connectivity index (χ2v) is 7.02. The third-order valence-electron chi connectivity index (χ3n) is 4.80. The molecule has 0 unspecified atom stereocenters. The third kappa shape index (κ3) is 3.50. The molecule has 2 nitrogen and oxygen atoms in total. The van der Waals surface area contributed by atoms with Gasteiger partial charge < -0.3 is 4.90 Å². The molecule has 1 saturated carbocycles. The number of thioether (sulfide) groups is 1. The van der Waals surface area contributed by atoms with Gasteiger partial charge in [-0.1, -0.05) is 12.8 Å². The van der Waals surface area contributed by atoms with E-state index in [0.29, 0.717) is 0 Å². The quantitative estimate of drug-likeness (QED) is 0.780. The molecule has 0 N–H and O–H groups in total. The summed E-state index contributed by atoms with van der Waals surface area (Å²) in [5.74, 6) is 0.988. The number of piperazine rings is 1. The fourth-order valence-corrected chi connectivity index (χ4v) is 3.95. The number of benzene rings is 1. The lowest BCUT2D eigenvalue weighted by molar-refractivity contribution is 0.220. The maximum absolute atomic E-state index is 2.68. The largest absolute Gasteiger partial charge is 0.369 e. The van der Waals surface area contributed by atoms with Gasteiger partial charge in [-0.3, -0.25) is 4.90 Å². The van der Waals surface area contributed by atoms with E-state index in [0.717, 1.165) is 5.92 Å². The first-order valence-electron chi connectivity index (χ1n) is 7.96. The van der Waals surface area contributed by atoms with Crippen LogP contribution in [0.2, 0.25) is 0 Å². The van der Waals surface area contributed by atoms with Crippen LogP contribution >= 0.6 is 11.8 Å². The molecule has 20 heavy (non-hydrogen) atoms. The first-order valence-corrected chi connectivity index (χ1v) is 9.19. The lowest BCUT2D eigenvalue weighted by atomic mass is 10.1. The molecule has 0 bridgehead atoms. The van der Waals surface area contributed by atoms with E-state index in [9.17, 15) is 0 Å². The van der Waals surface area contributed by atoms with E-state index in [4.69, 9.17) is 0 Å². The van der Waals surface area contributed by atoms with Gasteiger partial charge in [0.1, 0.15) is 0 Å². The van der Waals surface area contributed by atoms with Crippen molar-refractivity contribution in [2.24, 2.45) is 5.92 Å². The van der Waals surface area contributed by atoms with Gasteiger partial charge in [0.05, 0.1) is 0 Å². The summed E-state index contributed by atoms with van der Waals surface area (Å²) in [6.07, 6.45) is 8.00. The van der Waals surface area contributed by atoms with E-state index in [1.807, 2.05) is 11.8 Å². The van der Waals surface area contributed by atoms with Crippen LogP contribution in [0.25, 0.3) is 0 Å². The van der Waals surface area contributed by atoms with Crippen molar-refractivity contribution >= 4 is 17.4 Å². The molecular weight excluding hydrogens is 264 g/mol. The fraction of sp³-hybridized carbons (Fsp3) is 0.647. The zero-order valence-electron chi connectivity index (χ0n) is 12.6. The van der Waals surface area contributed by atoms with E-state index in [1.165, 1.54) is 69.0 Å². The number of anilines is 1. The number of hydrogen-bond donors (Lipinski definition) is 0. The predicted molar refractivity (Wildman–Crippen MR) is 88.8 cm³/mol. The fourth-order valence-electron chi connectivity index (χ4n) is 3.54. The summed E-state index contributed by atoms with van der Waals surface area (Å²) in [7, 11) is 0. The Balaban J connectivity index is 1.49. The normalized spacial score (nSPS) is 21.6. The predicted octanol–water partition coefficient (Wildman–Crippen LogP) is 3.72. The average molecular weight is 290 g/mol. The Morgan fingerprint density at radius 3 is 2.25 bits per heavy atom. The van der Waals surface area contributed by atoms with Crippen molar-refractivity contribution in [3.63, 3.8) is 0 Å². The number of hydrogen-bond acceptors (Lipinski definition) is 3. The highest BCUT2D eigenvalue weighted by molar-refractivity contribution is 7.98. The molecule has 1 aromatic carbocycles. The molecule has 0 atom stereocenters. The summed E-state index contributed by atoms with van der Waals surface area (Å²) < 4.78 is 0. The minimum absolute atomic E-state index is 0.988. The van der Waals surface area contributed by atoms with E-state index < -0.39 is 0 Å². The van der Waals surface area contributed by atoms with Crippen LogP contribution in [-0.4, -0.2) is 43.9 Å². The lowest BCUT2D eigenvalue weighted by Crippen LogP contribution is -2.47. The van der Waals surface area contributed by atoms with Crippen LogP contribution in [0.5, 0.6) is 0 Å². The minimum Gasteiger partial charge on any atom is -0.369 e. The zero-order valence-corrected chi connectivity index (χ0v) is 13.4. The molecule has 2 aliphatic rings. The molecule has 0 spiro atoms. The van der Waals surface area contributed by atoms with Crippen molar-refractivity contribution in [1.29, 1.82) is 0 Å². The maximum atomic E-state index is 2.68. The third-order valence-corrected chi connectivity index (χ3v) is 5.54. The maximum Gasteiger partial charge on any atom is 0.0367 e. The van der Waals surface area contributed by atoms with Crippen LogP contribution in [0.15, 0.2) is 29.2 Å². The van der Waals surface area contributed by atoms with Gasteiger partial charge in [-0.2, -0.15) is 0 Å². The second-order valence-electron chi connectivity index (χ2n) is 6.14. The molecule has 2 fully saturated rings. The van der Waals surface area contributed by atoms with E-state index in [1.54, 1.807) is 0 Å². The van der Waals surface area contributed by atoms with Gasteiger partial charge in [-0.15, -0.1) is 11.8 Å². The molecule has 0 aromatic heterocycles. The van der Waals surface area contributed by atoms with Crippen LogP contribution in [0.1, 0.15) is 25.7 Å². The Morgan fingerprint density at radius 1 is 1.00 bits per heavy atom. The van der Waals surface area contributed by atoms with Crippen molar-refractivity contribution < 1.29 is 0 Å². The molecule has 1 saturated heterocycles. The van der Waals surface area contributed by atoms with Gasteiger partial charge in [0.25, 0.3) is 0 Å². The summed E-state index contributed by atoms with van der Waals surface area (Å²) in [6.45, 7) is 6.19. The molecule has 3 heteroatoms. The van der Waals surface area contributed by atoms with Crippen LogP contribution < -0.4 is 4.90 Å². The van der Waals surface area contributed by atoms with Crippen molar-refractivity contribution in [3.8, 4) is 0 Å². The minimum atomic E-state index is 0.988. The zero-order chi connectivity index (χ0) is 13.8. The average Bonchev–Trinajstić information content (AvgIpc) is 3.01. The van der Waals surface area contributed by atoms with Gasteiger partial charge in [0.15, 0.2) is 0 Å². The topological polar surface area (TPSA) is 6.48 Å². The highest BCUT2D eigenvalue weighted by atomic mass is 32.2. The summed E-state index contributed by atoms with van der Waals surface area (Å²) in [5, 5.41) is 0. The van der Waals surface area contributed by atoms with Crippen LogP contribution in [0.3, 0.4) is 0 Å². The Labute approximate surface area is 127 Å². The first-order chi connectivity index (χ1) is 9.85. The van der Waals surface area contributed by atoms with Crippen LogP contribution in [0, 0.1) is 5.92 Å². The number of rotatable bonds is 4. The lowest BCUT2D eigenvalue weighted by Gasteiger charge is -2.37. The van der Waals surface area contributed by atoms with E-state index >= 15 is 0 Å². The summed E-state index contributed by atoms with van der Waals surface area (Å²) in [4.78, 5) is 6.58. The highest BCUT2D eigenvalue weighted by Gasteiger charge is 2.22. The van der Waals surface area contributed by atoms with Crippen LogP contribution in [0.4, 0.5) is 5.69 Å². The van der Waals surface area contributed by atoms with Crippen molar-refractivity contribution in [3.05, 3.63) is 24.3 Å². The molecule has 0 radical (unpaired) electrons. The molecular formula is C17H26N2S. The molecule has 3 rings (SSSR count). The van der Waals surface area contributed by atoms with Crippen molar-refractivity contribution in [1.82, 2.24) is 4.90 Å². The molecule has 1 aromatic rings. The van der Waals surface area contributed by atoms with Gasteiger partial charge in [-0.05, 0) is 49.3 Å². The van der Waals surface area contributed by atoms with Crippen LogP contribution in [-0.2, 0) is 0 Å². The monoisotopic (exact) mass is 290 g/mol. The van der Waals surface area contributed by atoms with Gasteiger partial charge in [0, 0.05) is 43.3 Å². The standard InChI is InChI=1S/C17H26N2S/c1-20-17-8-6-16(7-9-17)19-12-10-18(11-13-19)14-15-4-2-3-5-15/h6-9,15H,2-5,10-14H2,1H3. The highest BCUT2D eigenvalue weighted by Crippen LogP contribution is 2.26. The molecule has 110 valence electrons. The smallest absolute Gasteiger partial charge is 0.0367 e. The van der Waals surface area contributed by atoms with E-state index in [2.05, 4.69) is 40.3 Å². The Morgan fingerprint density at radius 2 is 1.65 bits per heavy atom. The summed E-state index contributed by atoms with van der Waals surface area (Å²) in [6, 6.07) is 9.03. The van der Waals surface area contributed by atoms with Gasteiger partial charge >= 0.3 is 0 Å². The Bertz CT molecular complexity index is 404. The van der Waals surface area contributed by atoms with Crippen molar-refractivity contribution in [2.75, 3.05) is 43.9 Å². The summed E-state index contributed by atoms with van der Waals surface area (Å²) >= 11 is 1.82. The summed E-state index contributed by atoms with van der Waals surface area (Å²) in [5.41, 5.74) is 1.39. The molecule has 1 aliphatic heterocycles. The Kier molecular flexibility index (Phi) is 4.90. The molecule has 1 heterocycles. The second kappa shape index (κ2) is 6.86. The van der Waals surface area contributed by atoms with Gasteiger partial charge in [-0.25, -0.2) is 0 Å². The SMILES string of the molecule is CSc1ccc(N2CCN(CC3CCCC3)CC2)cc1. The Hall–Kier alpha value is -0.670. The van der Waals surface area contributed by atoms with Gasteiger partial charge in [0.2, 0.25) is 0 Å².